The van der Waals surface area contributed by atoms with Crippen LogP contribution in [-0.2, 0) is 0 Å². The van der Waals surface area contributed by atoms with Crippen molar-refractivity contribution >= 4 is 54.8 Å². The van der Waals surface area contributed by atoms with Gasteiger partial charge in [-0.2, -0.15) is 0 Å². The van der Waals surface area contributed by atoms with Crippen LogP contribution in [0, 0.1) is 5.41 Å². The lowest BCUT2D eigenvalue weighted by Gasteiger charge is -2.40. The Morgan fingerprint density at radius 2 is 0.800 bits per heavy atom. The normalized spacial score (nSPS) is 17.8. The van der Waals surface area contributed by atoms with Crippen molar-refractivity contribution in [3.8, 4) is 22.3 Å². The molecule has 0 N–H and O–H groups in total. The maximum Gasteiger partial charge on any atom is 0.0483 e. The van der Waals surface area contributed by atoms with E-state index in [-0.39, 0.29) is 17.3 Å². The smallest absolute Gasteiger partial charge is 0.0483 e. The first-order valence-corrected chi connectivity index (χ1v) is 16.5. The number of hydrogen-bond donors (Lipinski definition) is 0. The largest absolute Gasteiger partial charge is 0.0837 e. The summed E-state index contributed by atoms with van der Waals surface area (Å²) in [7, 11) is 0. The standard InChI is InChI=1S/C43H34Cl2/c1-25-39(35-23-11-21-33(37(35)41(25)44)31-19-9-15-27-13-5-7-17-29(27)31)43(3,4)40-26(2)42(45)38-34(22-12-24-36(38)40)32-20-10-16-28-14-6-8-18-30(28)32/h5-24,39-40H,1-4H3. The van der Waals surface area contributed by atoms with Crippen molar-refractivity contribution in [2.24, 2.45) is 5.41 Å². The lowest BCUT2D eigenvalue weighted by molar-refractivity contribution is 0.275. The Bertz CT molecular complexity index is 2080. The van der Waals surface area contributed by atoms with Gasteiger partial charge in [0.05, 0.1) is 0 Å². The average Bonchev–Trinajstić information content (AvgIpc) is 3.49. The number of allylic oxidation sites excluding steroid dienone is 2. The molecule has 2 heteroatoms. The van der Waals surface area contributed by atoms with Crippen molar-refractivity contribution in [3.05, 3.63) is 155 Å². The summed E-state index contributed by atoms with van der Waals surface area (Å²) in [5, 5.41) is 6.71. The molecule has 0 heterocycles. The fourth-order valence-electron chi connectivity index (χ4n) is 8.68. The van der Waals surface area contributed by atoms with Crippen molar-refractivity contribution in [2.45, 2.75) is 39.5 Å². The SMILES string of the molecule is CC1=C(Cl)c2c(-c3cccc4ccccc34)cccc2C1C(C)(C)C1C(C)=C(Cl)c2c(-c3cccc4ccccc34)cccc21. The van der Waals surface area contributed by atoms with Gasteiger partial charge in [0.1, 0.15) is 0 Å². The van der Waals surface area contributed by atoms with E-state index >= 15 is 0 Å². The van der Waals surface area contributed by atoms with E-state index in [0.29, 0.717) is 0 Å². The first kappa shape index (κ1) is 28.4. The van der Waals surface area contributed by atoms with Gasteiger partial charge in [0.25, 0.3) is 0 Å². The molecule has 220 valence electrons. The average molecular weight is 622 g/mol. The molecular weight excluding hydrogens is 587 g/mol. The van der Waals surface area contributed by atoms with Gasteiger partial charge in [-0.05, 0) is 85.3 Å². The summed E-state index contributed by atoms with van der Waals surface area (Å²) < 4.78 is 0. The summed E-state index contributed by atoms with van der Waals surface area (Å²) in [4.78, 5) is 0. The van der Waals surface area contributed by atoms with Gasteiger partial charge in [0, 0.05) is 33.0 Å². The van der Waals surface area contributed by atoms with Gasteiger partial charge in [-0.1, -0.05) is 158 Å². The fraction of sp³-hybridized carbons (Fsp3) is 0.163. The molecule has 0 fully saturated rings. The molecule has 8 rings (SSSR count). The molecule has 2 aliphatic rings. The predicted octanol–water partition coefficient (Wildman–Crippen LogP) is 13.2. The summed E-state index contributed by atoms with van der Waals surface area (Å²) in [5.41, 5.74) is 12.0. The van der Waals surface area contributed by atoms with Crippen LogP contribution in [0.25, 0.3) is 53.9 Å². The molecule has 6 aromatic rings. The third-order valence-corrected chi connectivity index (χ3v) is 11.4. The second-order valence-electron chi connectivity index (χ2n) is 13.3. The third-order valence-electron chi connectivity index (χ3n) is 10.5. The van der Waals surface area contributed by atoms with Gasteiger partial charge in [0.15, 0.2) is 0 Å². The molecule has 0 saturated heterocycles. The second kappa shape index (κ2) is 10.5. The van der Waals surface area contributed by atoms with Crippen molar-refractivity contribution in [3.63, 3.8) is 0 Å². The first-order valence-electron chi connectivity index (χ1n) is 15.7. The molecule has 0 aromatic heterocycles. The molecule has 45 heavy (non-hydrogen) atoms. The molecule has 0 radical (unpaired) electrons. The van der Waals surface area contributed by atoms with Gasteiger partial charge >= 0.3 is 0 Å². The van der Waals surface area contributed by atoms with Gasteiger partial charge in [-0.3, -0.25) is 0 Å². The number of hydrogen-bond acceptors (Lipinski definition) is 0. The van der Waals surface area contributed by atoms with E-state index in [2.05, 4.69) is 149 Å². The van der Waals surface area contributed by atoms with Crippen LogP contribution in [0.1, 0.15) is 61.8 Å². The minimum absolute atomic E-state index is 0.131. The van der Waals surface area contributed by atoms with E-state index < -0.39 is 0 Å². The molecule has 2 unspecified atom stereocenters. The predicted molar refractivity (Wildman–Crippen MR) is 195 cm³/mol. The van der Waals surface area contributed by atoms with Crippen LogP contribution in [0.2, 0.25) is 0 Å². The highest BCUT2D eigenvalue weighted by atomic mass is 35.5. The minimum atomic E-state index is -0.209. The van der Waals surface area contributed by atoms with E-state index in [1.165, 1.54) is 77.2 Å². The molecule has 2 aliphatic carbocycles. The van der Waals surface area contributed by atoms with E-state index in [0.717, 1.165) is 10.1 Å². The third kappa shape index (κ3) is 4.12. The zero-order valence-corrected chi connectivity index (χ0v) is 27.5. The summed E-state index contributed by atoms with van der Waals surface area (Å²) in [6.07, 6.45) is 0. The monoisotopic (exact) mass is 620 g/mol. The van der Waals surface area contributed by atoms with Crippen molar-refractivity contribution in [1.29, 1.82) is 0 Å². The zero-order valence-electron chi connectivity index (χ0n) is 26.0. The van der Waals surface area contributed by atoms with Crippen LogP contribution < -0.4 is 0 Å². The van der Waals surface area contributed by atoms with E-state index in [4.69, 9.17) is 23.2 Å². The molecule has 0 spiro atoms. The highest BCUT2D eigenvalue weighted by molar-refractivity contribution is 6.51. The maximum atomic E-state index is 7.37. The summed E-state index contributed by atoms with van der Waals surface area (Å²) >= 11 is 14.7. The Balaban J connectivity index is 1.29. The Morgan fingerprint density at radius 3 is 1.24 bits per heavy atom. The van der Waals surface area contributed by atoms with Crippen LogP contribution in [-0.4, -0.2) is 0 Å². The van der Waals surface area contributed by atoms with Crippen molar-refractivity contribution in [1.82, 2.24) is 0 Å². The molecule has 0 amide bonds. The van der Waals surface area contributed by atoms with E-state index in [1.807, 2.05) is 0 Å². The van der Waals surface area contributed by atoms with Crippen molar-refractivity contribution in [2.75, 3.05) is 0 Å². The van der Waals surface area contributed by atoms with Crippen LogP contribution >= 0.6 is 23.2 Å². The molecule has 2 atom stereocenters. The maximum absolute atomic E-state index is 7.37. The van der Waals surface area contributed by atoms with Crippen molar-refractivity contribution < 1.29 is 0 Å². The molecular formula is C43H34Cl2. The quantitative estimate of drug-likeness (QED) is 0.184. The van der Waals surface area contributed by atoms with Crippen LogP contribution in [0.5, 0.6) is 0 Å². The van der Waals surface area contributed by atoms with E-state index in [1.54, 1.807) is 0 Å². The van der Waals surface area contributed by atoms with Gasteiger partial charge in [-0.25, -0.2) is 0 Å². The van der Waals surface area contributed by atoms with Gasteiger partial charge in [-0.15, -0.1) is 0 Å². The summed E-state index contributed by atoms with van der Waals surface area (Å²) in [6.45, 7) is 9.27. The fourth-order valence-corrected chi connectivity index (χ4v) is 9.32. The minimum Gasteiger partial charge on any atom is -0.0837 e. The van der Waals surface area contributed by atoms with E-state index in [9.17, 15) is 0 Å². The topological polar surface area (TPSA) is 0 Å². The number of benzene rings is 6. The number of halogens is 2. The van der Waals surface area contributed by atoms with Crippen LogP contribution in [0.3, 0.4) is 0 Å². The number of rotatable bonds is 4. The van der Waals surface area contributed by atoms with Crippen LogP contribution in [0.4, 0.5) is 0 Å². The van der Waals surface area contributed by atoms with Crippen LogP contribution in [0.15, 0.2) is 132 Å². The molecule has 0 bridgehead atoms. The Kier molecular flexibility index (Phi) is 6.61. The summed E-state index contributed by atoms with van der Waals surface area (Å²) in [5.74, 6) is 0.262. The molecule has 0 aliphatic heterocycles. The Morgan fingerprint density at radius 1 is 0.444 bits per heavy atom. The Hall–Kier alpha value is -4.10. The van der Waals surface area contributed by atoms with Gasteiger partial charge < -0.3 is 0 Å². The molecule has 0 saturated carbocycles. The summed E-state index contributed by atoms with van der Waals surface area (Å²) in [6, 6.07) is 43.8. The molecule has 6 aromatic carbocycles. The molecule has 0 nitrogen and oxygen atoms in total. The first-order chi connectivity index (χ1) is 21.8. The van der Waals surface area contributed by atoms with Gasteiger partial charge in [0.2, 0.25) is 0 Å². The zero-order chi connectivity index (χ0) is 31.0. The Labute approximate surface area is 275 Å². The lowest BCUT2D eigenvalue weighted by atomic mass is 9.62. The number of fused-ring (bicyclic) bond motifs is 4. The second-order valence-corrected chi connectivity index (χ2v) is 14.0. The lowest BCUT2D eigenvalue weighted by Crippen LogP contribution is -2.29. The highest BCUT2D eigenvalue weighted by Crippen LogP contribution is 2.63. The highest BCUT2D eigenvalue weighted by Gasteiger charge is 2.48.